The first-order chi connectivity index (χ1) is 7.84. The number of thioether (sulfide) groups is 1. The van der Waals surface area contributed by atoms with Gasteiger partial charge in [-0.25, -0.2) is 0 Å². The van der Waals surface area contributed by atoms with Crippen LogP contribution in [0.2, 0.25) is 0 Å². The third-order valence-corrected chi connectivity index (χ3v) is 5.59. The van der Waals surface area contributed by atoms with E-state index >= 15 is 0 Å². The zero-order valence-electron chi connectivity index (χ0n) is 9.06. The third-order valence-electron chi connectivity index (χ3n) is 3.29. The molecule has 0 aliphatic carbocycles. The molecule has 2 unspecified atom stereocenters. The van der Waals surface area contributed by atoms with Crippen LogP contribution < -0.4 is 5.73 Å². The number of hydrogen-bond donors (Lipinski definition) is 1. The van der Waals surface area contributed by atoms with Gasteiger partial charge in [-0.3, -0.25) is 0 Å². The molecule has 1 nitrogen and oxygen atoms in total. The second-order valence-electron chi connectivity index (χ2n) is 4.42. The summed E-state index contributed by atoms with van der Waals surface area (Å²) in [6, 6.07) is 9.06. The van der Waals surface area contributed by atoms with Gasteiger partial charge in [0.2, 0.25) is 0 Å². The summed E-state index contributed by atoms with van der Waals surface area (Å²) >= 11 is 3.85. The number of fused-ring (bicyclic) bond motifs is 1. The zero-order valence-corrected chi connectivity index (χ0v) is 10.7. The van der Waals surface area contributed by atoms with E-state index in [4.69, 9.17) is 5.73 Å². The molecule has 0 saturated carbocycles. The van der Waals surface area contributed by atoms with Crippen LogP contribution in [0.4, 0.5) is 0 Å². The van der Waals surface area contributed by atoms with Crippen molar-refractivity contribution in [3.8, 4) is 0 Å². The molecule has 2 N–H and O–H groups in total. The van der Waals surface area contributed by atoms with Crippen LogP contribution in [0, 0.1) is 5.92 Å². The molecule has 2 aromatic rings. The second kappa shape index (κ2) is 4.40. The van der Waals surface area contributed by atoms with E-state index in [2.05, 4.69) is 29.6 Å². The highest BCUT2D eigenvalue weighted by Crippen LogP contribution is 2.31. The highest BCUT2D eigenvalue weighted by atomic mass is 32.2. The molecule has 2 atom stereocenters. The van der Waals surface area contributed by atoms with E-state index in [1.54, 1.807) is 0 Å². The average molecular weight is 249 g/mol. The fourth-order valence-corrected chi connectivity index (χ4v) is 4.62. The molecule has 1 aromatic heterocycles. The van der Waals surface area contributed by atoms with Crippen LogP contribution in [0.5, 0.6) is 0 Å². The Bertz CT molecular complexity index is 491. The molecule has 84 valence electrons. The van der Waals surface area contributed by atoms with Crippen molar-refractivity contribution >= 4 is 33.2 Å². The SMILES string of the molecule is NC1CSCC1Cc1csc2ccccc12. The minimum absolute atomic E-state index is 0.392. The van der Waals surface area contributed by atoms with Crippen molar-refractivity contribution in [2.24, 2.45) is 11.7 Å². The smallest absolute Gasteiger partial charge is 0.0345 e. The summed E-state index contributed by atoms with van der Waals surface area (Å²) < 4.78 is 1.40. The van der Waals surface area contributed by atoms with Gasteiger partial charge in [0.15, 0.2) is 0 Å². The fourth-order valence-electron chi connectivity index (χ4n) is 2.30. The first kappa shape index (κ1) is 10.6. The molecule has 1 aliphatic rings. The first-order valence-electron chi connectivity index (χ1n) is 5.63. The Kier molecular flexibility index (Phi) is 2.92. The van der Waals surface area contributed by atoms with Crippen molar-refractivity contribution in [3.63, 3.8) is 0 Å². The molecule has 0 radical (unpaired) electrons. The van der Waals surface area contributed by atoms with Crippen LogP contribution in [-0.2, 0) is 6.42 Å². The molecule has 1 aromatic carbocycles. The molecule has 3 heteroatoms. The highest BCUT2D eigenvalue weighted by molar-refractivity contribution is 7.99. The van der Waals surface area contributed by atoms with Crippen LogP contribution in [-0.4, -0.2) is 17.5 Å². The van der Waals surface area contributed by atoms with Crippen LogP contribution in [0.3, 0.4) is 0 Å². The van der Waals surface area contributed by atoms with E-state index < -0.39 is 0 Å². The molecule has 2 heterocycles. The van der Waals surface area contributed by atoms with E-state index in [1.165, 1.54) is 21.4 Å². The van der Waals surface area contributed by atoms with Gasteiger partial charge in [0.25, 0.3) is 0 Å². The van der Waals surface area contributed by atoms with Crippen LogP contribution in [0.1, 0.15) is 5.56 Å². The Morgan fingerprint density at radius 2 is 2.12 bits per heavy atom. The summed E-state index contributed by atoms with van der Waals surface area (Å²) in [6.07, 6.45) is 1.15. The number of nitrogens with two attached hydrogens (primary N) is 1. The van der Waals surface area contributed by atoms with Gasteiger partial charge in [0.1, 0.15) is 0 Å². The standard InChI is InChI=1S/C13H15NS2/c14-12-8-15-6-10(12)5-9-7-16-13-4-2-1-3-11(9)13/h1-4,7,10,12H,5-6,8,14H2. The molecular formula is C13H15NS2. The molecule has 1 aliphatic heterocycles. The molecule has 0 bridgehead atoms. The lowest BCUT2D eigenvalue weighted by atomic mass is 9.95. The third kappa shape index (κ3) is 1.88. The van der Waals surface area contributed by atoms with Crippen molar-refractivity contribution in [2.45, 2.75) is 12.5 Å². The highest BCUT2D eigenvalue weighted by Gasteiger charge is 2.25. The van der Waals surface area contributed by atoms with Gasteiger partial charge in [0.05, 0.1) is 0 Å². The van der Waals surface area contributed by atoms with Gasteiger partial charge in [-0.15, -0.1) is 11.3 Å². The molecule has 0 amide bonds. The Labute approximate surface area is 104 Å². The van der Waals surface area contributed by atoms with E-state index in [1.807, 2.05) is 23.1 Å². The van der Waals surface area contributed by atoms with E-state index in [-0.39, 0.29) is 0 Å². The van der Waals surface area contributed by atoms with Crippen LogP contribution in [0.25, 0.3) is 10.1 Å². The number of benzene rings is 1. The predicted octanol–water partition coefficient (Wildman–Crippen LogP) is 3.13. The minimum atomic E-state index is 0.392. The topological polar surface area (TPSA) is 26.0 Å². The molecule has 0 spiro atoms. The van der Waals surface area contributed by atoms with Crippen molar-refractivity contribution < 1.29 is 0 Å². The minimum Gasteiger partial charge on any atom is -0.327 e. The Hall–Kier alpha value is -0.510. The number of thiophene rings is 1. The zero-order chi connectivity index (χ0) is 11.0. The molecule has 16 heavy (non-hydrogen) atoms. The Morgan fingerprint density at radius 3 is 2.94 bits per heavy atom. The molecule has 3 rings (SSSR count). The lowest BCUT2D eigenvalue weighted by molar-refractivity contribution is 0.517. The lowest BCUT2D eigenvalue weighted by Gasteiger charge is -2.13. The van der Waals surface area contributed by atoms with Gasteiger partial charge in [-0.2, -0.15) is 11.8 Å². The van der Waals surface area contributed by atoms with E-state index in [0.29, 0.717) is 12.0 Å². The summed E-state index contributed by atoms with van der Waals surface area (Å²) in [5, 5.41) is 3.73. The molecule has 1 fully saturated rings. The summed E-state index contributed by atoms with van der Waals surface area (Å²) in [6.45, 7) is 0. The largest absolute Gasteiger partial charge is 0.327 e. The lowest BCUT2D eigenvalue weighted by Crippen LogP contribution is -2.29. The van der Waals surface area contributed by atoms with Crippen molar-refractivity contribution in [1.29, 1.82) is 0 Å². The van der Waals surface area contributed by atoms with Gasteiger partial charge in [-0.05, 0) is 40.5 Å². The Morgan fingerprint density at radius 1 is 1.25 bits per heavy atom. The summed E-state index contributed by atoms with van der Waals surface area (Å²) in [5.41, 5.74) is 7.61. The first-order valence-corrected chi connectivity index (χ1v) is 7.66. The molecule has 1 saturated heterocycles. The summed E-state index contributed by atoms with van der Waals surface area (Å²) in [4.78, 5) is 0. The van der Waals surface area contributed by atoms with Gasteiger partial charge in [-0.1, -0.05) is 18.2 Å². The van der Waals surface area contributed by atoms with E-state index in [0.717, 1.165) is 12.2 Å². The average Bonchev–Trinajstić information content (AvgIpc) is 2.88. The van der Waals surface area contributed by atoms with Gasteiger partial charge < -0.3 is 5.73 Å². The normalized spacial score (nSPS) is 25.3. The quantitative estimate of drug-likeness (QED) is 0.885. The van der Waals surface area contributed by atoms with Crippen molar-refractivity contribution in [3.05, 3.63) is 35.2 Å². The summed E-state index contributed by atoms with van der Waals surface area (Å²) in [7, 11) is 0. The maximum atomic E-state index is 6.12. The number of hydrogen-bond acceptors (Lipinski definition) is 3. The monoisotopic (exact) mass is 249 g/mol. The maximum absolute atomic E-state index is 6.12. The predicted molar refractivity (Wildman–Crippen MR) is 74.3 cm³/mol. The fraction of sp³-hybridized carbons (Fsp3) is 0.385. The second-order valence-corrected chi connectivity index (χ2v) is 6.41. The number of rotatable bonds is 2. The van der Waals surface area contributed by atoms with Gasteiger partial charge >= 0.3 is 0 Å². The van der Waals surface area contributed by atoms with Crippen molar-refractivity contribution in [1.82, 2.24) is 0 Å². The van der Waals surface area contributed by atoms with Crippen molar-refractivity contribution in [2.75, 3.05) is 11.5 Å². The van der Waals surface area contributed by atoms with E-state index in [9.17, 15) is 0 Å². The molecular weight excluding hydrogens is 234 g/mol. The van der Waals surface area contributed by atoms with Gasteiger partial charge in [0, 0.05) is 16.5 Å². The van der Waals surface area contributed by atoms with Crippen LogP contribution >= 0.6 is 23.1 Å². The summed E-state index contributed by atoms with van der Waals surface area (Å²) in [5.74, 6) is 3.03. The maximum Gasteiger partial charge on any atom is 0.0345 e. The Balaban J connectivity index is 1.89. The van der Waals surface area contributed by atoms with Crippen LogP contribution in [0.15, 0.2) is 29.6 Å².